The Labute approximate surface area is 158 Å². The van der Waals surface area contributed by atoms with Crippen LogP contribution in [0.3, 0.4) is 0 Å². The number of carbonyl (C=O) groups excluding carboxylic acids is 2. The molecule has 136 valence electrons. The average molecular weight is 395 g/mol. The summed E-state index contributed by atoms with van der Waals surface area (Å²) in [5, 5.41) is 7.10. The van der Waals surface area contributed by atoms with Crippen LogP contribution in [0.1, 0.15) is 0 Å². The van der Waals surface area contributed by atoms with Crippen LogP contribution in [-0.4, -0.2) is 41.5 Å². The van der Waals surface area contributed by atoms with Crippen molar-refractivity contribution in [3.63, 3.8) is 0 Å². The number of carbonyl (C=O) groups is 2. The van der Waals surface area contributed by atoms with Gasteiger partial charge in [-0.2, -0.15) is 5.10 Å². The number of rotatable bonds is 4. The number of anilines is 2. The van der Waals surface area contributed by atoms with Gasteiger partial charge in [-0.15, -0.1) is 11.8 Å². The number of fused-ring (bicyclic) bond motifs is 1. The van der Waals surface area contributed by atoms with Gasteiger partial charge in [0, 0.05) is 12.1 Å². The number of benzene rings is 1. The molecule has 0 spiro atoms. The Hall–Kier alpha value is -2.52. The van der Waals surface area contributed by atoms with Crippen LogP contribution >= 0.6 is 23.4 Å². The molecule has 0 bridgehead atoms. The molecule has 0 radical (unpaired) electrons. The number of thioether (sulfide) groups is 1. The molecule has 0 saturated carbocycles. The normalized spacial score (nSPS) is 13.3. The van der Waals surface area contributed by atoms with Gasteiger partial charge >= 0.3 is 0 Å². The maximum Gasteiger partial charge on any atom is 0.292 e. The van der Waals surface area contributed by atoms with E-state index in [-0.39, 0.29) is 23.9 Å². The molecule has 26 heavy (non-hydrogen) atoms. The lowest BCUT2D eigenvalue weighted by Gasteiger charge is -2.24. The number of halogens is 1. The van der Waals surface area contributed by atoms with E-state index in [1.54, 1.807) is 18.2 Å². The zero-order chi connectivity index (χ0) is 18.8. The molecule has 0 fully saturated rings. The van der Waals surface area contributed by atoms with E-state index in [1.807, 2.05) is 0 Å². The smallest absolute Gasteiger partial charge is 0.292 e. The molecule has 2 aromatic rings. The van der Waals surface area contributed by atoms with Crippen molar-refractivity contribution in [2.75, 3.05) is 30.1 Å². The summed E-state index contributed by atoms with van der Waals surface area (Å²) in [6.45, 7) is -0.311. The van der Waals surface area contributed by atoms with Gasteiger partial charge in [0.05, 0.1) is 29.6 Å². The molecule has 1 aliphatic heterocycles. The van der Waals surface area contributed by atoms with Crippen LogP contribution in [0.5, 0.6) is 5.75 Å². The summed E-state index contributed by atoms with van der Waals surface area (Å²) in [5.74, 6) is 0.0437. The minimum Gasteiger partial charge on any atom is -0.495 e. The summed E-state index contributed by atoms with van der Waals surface area (Å²) < 4.78 is 6.19. The monoisotopic (exact) mass is 394 g/mol. The third-order valence-electron chi connectivity index (χ3n) is 3.77. The second-order valence-electron chi connectivity index (χ2n) is 5.45. The van der Waals surface area contributed by atoms with E-state index >= 15 is 0 Å². The van der Waals surface area contributed by atoms with Crippen LogP contribution < -0.4 is 20.5 Å². The number of amides is 2. The Morgan fingerprint density at radius 1 is 1.42 bits per heavy atom. The Morgan fingerprint density at radius 3 is 2.92 bits per heavy atom. The molecular formula is C16H15ClN4O4S. The van der Waals surface area contributed by atoms with E-state index in [0.29, 0.717) is 21.4 Å². The van der Waals surface area contributed by atoms with Crippen LogP contribution in [0.2, 0.25) is 5.02 Å². The first-order chi connectivity index (χ1) is 12.4. The van der Waals surface area contributed by atoms with Crippen LogP contribution in [0, 0.1) is 0 Å². The molecule has 0 aliphatic carbocycles. The molecule has 0 unspecified atom stereocenters. The maximum atomic E-state index is 12.6. The highest BCUT2D eigenvalue weighted by Gasteiger charge is 2.26. The molecule has 1 aromatic heterocycles. The fraction of sp³-hybridized carbons (Fsp3) is 0.250. The molecule has 1 aromatic carbocycles. The third kappa shape index (κ3) is 3.54. The van der Waals surface area contributed by atoms with E-state index in [9.17, 15) is 14.4 Å². The zero-order valence-corrected chi connectivity index (χ0v) is 15.6. The van der Waals surface area contributed by atoms with Gasteiger partial charge < -0.3 is 15.0 Å². The van der Waals surface area contributed by atoms with Crippen LogP contribution in [0.25, 0.3) is 0 Å². The zero-order valence-electron chi connectivity index (χ0n) is 14.0. The summed E-state index contributed by atoms with van der Waals surface area (Å²) in [6.07, 6.45) is 1.48. The van der Waals surface area contributed by atoms with Crippen LogP contribution in [0.15, 0.2) is 34.1 Å². The molecular weight excluding hydrogens is 380 g/mol. The highest BCUT2D eigenvalue weighted by atomic mass is 35.5. The van der Waals surface area contributed by atoms with Gasteiger partial charge in [0.15, 0.2) is 0 Å². The summed E-state index contributed by atoms with van der Waals surface area (Å²) in [4.78, 5) is 38.7. The number of nitrogens with zero attached hydrogens (tertiary/aromatic N) is 3. The van der Waals surface area contributed by atoms with Crippen molar-refractivity contribution < 1.29 is 14.3 Å². The predicted molar refractivity (Wildman–Crippen MR) is 99.3 cm³/mol. The lowest BCUT2D eigenvalue weighted by molar-refractivity contribution is -0.117. The summed E-state index contributed by atoms with van der Waals surface area (Å²) in [7, 11) is 3.00. The van der Waals surface area contributed by atoms with Crippen molar-refractivity contribution >= 4 is 46.6 Å². The second kappa shape index (κ2) is 7.38. The number of nitrogens with one attached hydrogen (secondary N) is 1. The predicted octanol–water partition coefficient (Wildman–Crippen LogP) is 1.61. The first kappa shape index (κ1) is 18.3. The number of hydrogen-bond acceptors (Lipinski definition) is 6. The van der Waals surface area contributed by atoms with Crippen LogP contribution in [-0.2, 0) is 16.1 Å². The fourth-order valence-corrected chi connectivity index (χ4v) is 3.58. The second-order valence-corrected chi connectivity index (χ2v) is 6.91. The Morgan fingerprint density at radius 2 is 2.19 bits per heavy atom. The Bertz CT molecular complexity index is 946. The van der Waals surface area contributed by atoms with Crippen molar-refractivity contribution in [2.24, 2.45) is 0 Å². The quantitative estimate of drug-likeness (QED) is 0.846. The largest absolute Gasteiger partial charge is 0.495 e. The van der Waals surface area contributed by atoms with Crippen molar-refractivity contribution in [3.05, 3.63) is 39.8 Å². The standard InChI is InChI=1S/C16H15ClN4O4S/c1-20-14(23)8-26-12-6-18-21(16(24)15(12)20)7-13(22)19-10-5-9(17)3-4-11(10)25-2/h3-6H,7-8H2,1-2H3,(H,19,22). The first-order valence-corrected chi connectivity index (χ1v) is 8.90. The van der Waals surface area contributed by atoms with Crippen molar-refractivity contribution in [1.29, 1.82) is 0 Å². The molecule has 0 saturated heterocycles. The highest BCUT2D eigenvalue weighted by molar-refractivity contribution is 8.00. The Balaban J connectivity index is 1.84. The molecule has 8 nitrogen and oxygen atoms in total. The van der Waals surface area contributed by atoms with Gasteiger partial charge in [0.2, 0.25) is 11.8 Å². The topological polar surface area (TPSA) is 93.5 Å². The van der Waals surface area contributed by atoms with E-state index < -0.39 is 11.5 Å². The lowest BCUT2D eigenvalue weighted by Crippen LogP contribution is -2.40. The summed E-state index contributed by atoms with van der Waals surface area (Å²) in [6, 6.07) is 4.81. The van der Waals surface area contributed by atoms with E-state index in [1.165, 1.54) is 37.0 Å². The van der Waals surface area contributed by atoms with Gasteiger partial charge in [-0.05, 0) is 18.2 Å². The Kier molecular flexibility index (Phi) is 5.19. The molecule has 10 heteroatoms. The minimum absolute atomic E-state index is 0.175. The van der Waals surface area contributed by atoms with Crippen molar-refractivity contribution in [1.82, 2.24) is 9.78 Å². The van der Waals surface area contributed by atoms with E-state index in [4.69, 9.17) is 16.3 Å². The van der Waals surface area contributed by atoms with Gasteiger partial charge in [-0.25, -0.2) is 4.68 Å². The van der Waals surface area contributed by atoms with Gasteiger partial charge in [0.25, 0.3) is 5.56 Å². The average Bonchev–Trinajstić information content (AvgIpc) is 2.60. The summed E-state index contributed by atoms with van der Waals surface area (Å²) in [5.41, 5.74) is 0.118. The number of methoxy groups -OCH3 is 1. The van der Waals surface area contributed by atoms with Gasteiger partial charge in [0.1, 0.15) is 18.0 Å². The molecule has 3 rings (SSSR count). The minimum atomic E-state index is -0.501. The number of aromatic nitrogens is 2. The van der Waals surface area contributed by atoms with Gasteiger partial charge in [-0.3, -0.25) is 14.4 Å². The van der Waals surface area contributed by atoms with E-state index in [2.05, 4.69) is 10.4 Å². The maximum absolute atomic E-state index is 12.6. The fourth-order valence-electron chi connectivity index (χ4n) is 2.46. The van der Waals surface area contributed by atoms with E-state index in [0.717, 1.165) is 4.68 Å². The van der Waals surface area contributed by atoms with Crippen molar-refractivity contribution in [2.45, 2.75) is 11.4 Å². The SMILES string of the molecule is COc1ccc(Cl)cc1NC(=O)Cn1ncc2c(c1=O)N(C)C(=O)CS2. The number of hydrogen-bond donors (Lipinski definition) is 1. The van der Waals surface area contributed by atoms with Gasteiger partial charge in [-0.1, -0.05) is 11.6 Å². The summed E-state index contributed by atoms with van der Waals surface area (Å²) >= 11 is 7.19. The molecule has 2 heterocycles. The molecule has 2 amide bonds. The number of ether oxygens (including phenoxy) is 1. The van der Waals surface area contributed by atoms with Crippen molar-refractivity contribution in [3.8, 4) is 5.75 Å². The molecule has 1 aliphatic rings. The lowest BCUT2D eigenvalue weighted by atomic mass is 10.3. The highest BCUT2D eigenvalue weighted by Crippen LogP contribution is 2.30. The van der Waals surface area contributed by atoms with Crippen LogP contribution in [0.4, 0.5) is 11.4 Å². The molecule has 1 N–H and O–H groups in total. The molecule has 0 atom stereocenters. The third-order valence-corrected chi connectivity index (χ3v) is 5.01. The first-order valence-electron chi connectivity index (χ1n) is 7.53.